The van der Waals surface area contributed by atoms with Crippen LogP contribution in [0.3, 0.4) is 0 Å². The number of guanidine groups is 1. The normalized spacial score (nSPS) is 19.7. The van der Waals surface area contributed by atoms with Gasteiger partial charge in [0, 0.05) is 25.0 Å². The first-order valence-corrected chi connectivity index (χ1v) is 9.21. The summed E-state index contributed by atoms with van der Waals surface area (Å²) in [6.07, 6.45) is 0.940. The zero-order valence-electron chi connectivity index (χ0n) is 15.4. The number of halogens is 2. The van der Waals surface area contributed by atoms with Gasteiger partial charge in [0.1, 0.15) is 5.82 Å². The quantitative estimate of drug-likeness (QED) is 0.317. The predicted molar refractivity (Wildman–Crippen MR) is 118 cm³/mol. The van der Waals surface area contributed by atoms with Crippen LogP contribution in [0, 0.1) is 5.82 Å². The Balaban J connectivity index is 0.00000261. The van der Waals surface area contributed by atoms with Crippen LogP contribution in [0.15, 0.2) is 59.6 Å². The van der Waals surface area contributed by atoms with Crippen molar-refractivity contribution in [3.05, 3.63) is 71.5 Å². The lowest BCUT2D eigenvalue weighted by Crippen LogP contribution is -2.39. The van der Waals surface area contributed by atoms with Crippen molar-refractivity contribution in [2.24, 2.45) is 4.99 Å². The van der Waals surface area contributed by atoms with Gasteiger partial charge in [-0.15, -0.1) is 24.0 Å². The smallest absolute Gasteiger partial charge is 0.191 e. The second kappa shape index (κ2) is 10.6. The van der Waals surface area contributed by atoms with Crippen LogP contribution in [0.2, 0.25) is 0 Å². The van der Waals surface area contributed by atoms with Crippen LogP contribution in [0.25, 0.3) is 0 Å². The second-order valence-corrected chi connectivity index (χ2v) is 6.59. The molecule has 0 radical (unpaired) electrons. The summed E-state index contributed by atoms with van der Waals surface area (Å²) in [7, 11) is 0. The lowest BCUT2D eigenvalue weighted by atomic mass is 10.1. The molecule has 1 aliphatic carbocycles. The maximum absolute atomic E-state index is 13.9. The Morgan fingerprint density at radius 3 is 2.59 bits per heavy atom. The van der Waals surface area contributed by atoms with Gasteiger partial charge < -0.3 is 15.7 Å². The number of nitrogens with zero attached hydrogens (tertiary/aromatic N) is 1. The van der Waals surface area contributed by atoms with Crippen molar-refractivity contribution in [2.75, 3.05) is 13.1 Å². The first kappa shape index (κ1) is 21.6. The van der Waals surface area contributed by atoms with Gasteiger partial charge in [0.05, 0.1) is 6.10 Å². The molecule has 4 nitrogen and oxygen atoms in total. The van der Waals surface area contributed by atoms with Crippen molar-refractivity contribution < 1.29 is 9.50 Å². The van der Waals surface area contributed by atoms with Crippen molar-refractivity contribution in [1.29, 1.82) is 0 Å². The largest absolute Gasteiger partial charge is 0.388 e. The van der Waals surface area contributed by atoms with E-state index in [1.54, 1.807) is 6.07 Å². The molecule has 2 aromatic carbocycles. The van der Waals surface area contributed by atoms with Crippen molar-refractivity contribution in [2.45, 2.75) is 37.8 Å². The Labute approximate surface area is 177 Å². The Morgan fingerprint density at radius 2 is 1.89 bits per heavy atom. The molecule has 0 amide bonds. The molecule has 0 bridgehead atoms. The summed E-state index contributed by atoms with van der Waals surface area (Å²) >= 11 is 0. The minimum absolute atomic E-state index is 0. The van der Waals surface area contributed by atoms with Crippen LogP contribution >= 0.6 is 24.0 Å². The van der Waals surface area contributed by atoms with Gasteiger partial charge in [-0.05, 0) is 37.0 Å². The molecular formula is C21H27FIN3O. The lowest BCUT2D eigenvalue weighted by Gasteiger charge is -2.13. The highest BCUT2D eigenvalue weighted by Crippen LogP contribution is 2.41. The fraction of sp³-hybridized carbons (Fsp3) is 0.381. The number of aliphatic hydroxyl groups is 1. The van der Waals surface area contributed by atoms with Gasteiger partial charge in [0.25, 0.3) is 0 Å². The highest BCUT2D eigenvalue weighted by Gasteiger charge is 2.40. The van der Waals surface area contributed by atoms with E-state index in [9.17, 15) is 9.50 Å². The highest BCUT2D eigenvalue weighted by atomic mass is 127. The Kier molecular flexibility index (Phi) is 8.50. The van der Waals surface area contributed by atoms with Crippen LogP contribution in [0.5, 0.6) is 0 Å². The van der Waals surface area contributed by atoms with Crippen LogP contribution in [0.4, 0.5) is 4.39 Å². The van der Waals surface area contributed by atoms with Crippen molar-refractivity contribution in [3.63, 3.8) is 0 Å². The summed E-state index contributed by atoms with van der Waals surface area (Å²) in [5.41, 5.74) is 1.67. The summed E-state index contributed by atoms with van der Waals surface area (Å²) in [5.74, 6) is 0.765. The van der Waals surface area contributed by atoms with Crippen LogP contribution in [0.1, 0.15) is 42.9 Å². The maximum Gasteiger partial charge on any atom is 0.191 e. The molecule has 0 heterocycles. The summed E-state index contributed by atoms with van der Waals surface area (Å²) < 4.78 is 13.9. The summed E-state index contributed by atoms with van der Waals surface area (Å²) in [6, 6.07) is 16.8. The summed E-state index contributed by atoms with van der Waals surface area (Å²) in [4.78, 5) is 4.55. The first-order valence-electron chi connectivity index (χ1n) is 9.21. The Bertz CT molecular complexity index is 741. The zero-order valence-corrected chi connectivity index (χ0v) is 17.8. The van der Waals surface area contributed by atoms with Crippen molar-refractivity contribution >= 4 is 29.9 Å². The standard InChI is InChI=1S/C21H26FN3O.HI/c1-2-23-21(24-13-12-20(26)15-8-4-3-5-9-15)25-19-14-17(19)16-10-6-7-11-18(16)22;/h3-11,17,19-20,26H,2,12-14H2,1H3,(H2,23,24,25);1H. The average molecular weight is 483 g/mol. The molecule has 1 saturated carbocycles. The number of aliphatic imine (C=N–C) groups is 1. The third-order valence-corrected chi connectivity index (χ3v) is 4.62. The Hall–Kier alpha value is -1.67. The van der Waals surface area contributed by atoms with Gasteiger partial charge in [-0.25, -0.2) is 4.39 Å². The van der Waals surface area contributed by atoms with Crippen molar-refractivity contribution in [3.8, 4) is 0 Å². The average Bonchev–Trinajstić information content (AvgIpc) is 3.41. The molecule has 0 saturated heterocycles. The number of benzene rings is 2. The van der Waals surface area contributed by atoms with Crippen LogP contribution < -0.4 is 10.6 Å². The molecule has 1 fully saturated rings. The molecular weight excluding hydrogens is 456 g/mol. The van der Waals surface area contributed by atoms with Crippen LogP contribution in [-0.2, 0) is 0 Å². The first-order chi connectivity index (χ1) is 12.7. The fourth-order valence-corrected chi connectivity index (χ4v) is 3.11. The number of nitrogens with one attached hydrogen (secondary N) is 2. The van der Waals surface area contributed by atoms with Crippen LogP contribution in [-0.4, -0.2) is 30.2 Å². The van der Waals surface area contributed by atoms with Gasteiger partial charge in [-0.3, -0.25) is 4.99 Å². The third-order valence-electron chi connectivity index (χ3n) is 4.62. The number of rotatable bonds is 7. The Morgan fingerprint density at radius 1 is 1.19 bits per heavy atom. The van der Waals surface area contributed by atoms with E-state index in [1.165, 1.54) is 6.07 Å². The van der Waals surface area contributed by atoms with Gasteiger partial charge in [-0.2, -0.15) is 0 Å². The van der Waals surface area contributed by atoms with E-state index < -0.39 is 6.10 Å². The van der Waals surface area contributed by atoms with Gasteiger partial charge >= 0.3 is 0 Å². The fourth-order valence-electron chi connectivity index (χ4n) is 3.11. The summed E-state index contributed by atoms with van der Waals surface area (Å²) in [5, 5.41) is 16.8. The second-order valence-electron chi connectivity index (χ2n) is 6.59. The number of hydrogen-bond acceptors (Lipinski definition) is 2. The topological polar surface area (TPSA) is 56.7 Å². The van der Waals surface area contributed by atoms with Gasteiger partial charge in [0.2, 0.25) is 0 Å². The zero-order chi connectivity index (χ0) is 18.4. The number of aliphatic hydroxyl groups excluding tert-OH is 1. The van der Waals surface area contributed by atoms with Gasteiger partial charge in [0.15, 0.2) is 5.96 Å². The molecule has 1 aliphatic rings. The predicted octanol–water partition coefficient (Wildman–Crippen LogP) is 3.98. The van der Waals surface area contributed by atoms with E-state index in [-0.39, 0.29) is 41.8 Å². The molecule has 0 aromatic heterocycles. The van der Waals surface area contributed by atoms with Gasteiger partial charge in [-0.1, -0.05) is 48.5 Å². The van der Waals surface area contributed by atoms with E-state index in [4.69, 9.17) is 0 Å². The molecule has 27 heavy (non-hydrogen) atoms. The molecule has 3 N–H and O–H groups in total. The molecule has 0 spiro atoms. The molecule has 2 aromatic rings. The lowest BCUT2D eigenvalue weighted by molar-refractivity contribution is 0.170. The van der Waals surface area contributed by atoms with E-state index in [1.807, 2.05) is 49.4 Å². The minimum Gasteiger partial charge on any atom is -0.388 e. The van der Waals surface area contributed by atoms with E-state index in [0.717, 1.165) is 30.1 Å². The SMILES string of the molecule is CCNC(=NCCC(O)c1ccccc1)NC1CC1c1ccccc1F.I. The molecule has 146 valence electrons. The monoisotopic (exact) mass is 483 g/mol. The van der Waals surface area contributed by atoms with E-state index in [2.05, 4.69) is 15.6 Å². The third kappa shape index (κ3) is 6.17. The molecule has 6 heteroatoms. The molecule has 0 aliphatic heterocycles. The highest BCUT2D eigenvalue weighted by molar-refractivity contribution is 14.0. The van der Waals surface area contributed by atoms with Crippen molar-refractivity contribution in [1.82, 2.24) is 10.6 Å². The van der Waals surface area contributed by atoms with E-state index >= 15 is 0 Å². The maximum atomic E-state index is 13.9. The summed E-state index contributed by atoms with van der Waals surface area (Å²) in [6.45, 7) is 3.28. The number of hydrogen-bond donors (Lipinski definition) is 3. The molecule has 3 unspecified atom stereocenters. The molecule has 3 atom stereocenters. The van der Waals surface area contributed by atoms with E-state index in [0.29, 0.717) is 13.0 Å². The molecule has 3 rings (SSSR count). The minimum atomic E-state index is -0.519.